The fraction of sp³-hybridized carbons (Fsp3) is 0.545. The van der Waals surface area contributed by atoms with Crippen molar-refractivity contribution in [1.82, 2.24) is 9.78 Å². The van der Waals surface area contributed by atoms with Gasteiger partial charge >= 0.3 is 5.97 Å². The van der Waals surface area contributed by atoms with E-state index in [0.717, 1.165) is 0 Å². The van der Waals surface area contributed by atoms with Crippen molar-refractivity contribution in [1.29, 1.82) is 0 Å². The van der Waals surface area contributed by atoms with Gasteiger partial charge in [0.25, 0.3) is 0 Å². The number of nitrogens with zero attached hydrogens (tertiary/aromatic N) is 2. The molecule has 17 heavy (non-hydrogen) atoms. The summed E-state index contributed by atoms with van der Waals surface area (Å²) in [7, 11) is 0. The summed E-state index contributed by atoms with van der Waals surface area (Å²) >= 11 is 0. The summed E-state index contributed by atoms with van der Waals surface area (Å²) in [5.41, 5.74) is 0.517. The minimum absolute atomic E-state index is 0.0881. The first kappa shape index (κ1) is 13.2. The van der Waals surface area contributed by atoms with Crippen molar-refractivity contribution in [3.63, 3.8) is 0 Å². The smallest absolute Gasteiger partial charge is 0.325 e. The molecule has 0 fully saturated rings. The lowest BCUT2D eigenvalue weighted by molar-refractivity contribution is -0.137. The van der Waals surface area contributed by atoms with Gasteiger partial charge < -0.3 is 10.4 Å². The van der Waals surface area contributed by atoms with E-state index in [4.69, 9.17) is 5.11 Å². The van der Waals surface area contributed by atoms with Gasteiger partial charge in [0.2, 0.25) is 5.91 Å². The molecule has 1 atom stereocenters. The number of carboxylic acids is 1. The highest BCUT2D eigenvalue weighted by Crippen LogP contribution is 2.13. The molecule has 0 spiro atoms. The summed E-state index contributed by atoms with van der Waals surface area (Å²) < 4.78 is 1.26. The average Bonchev–Trinajstić information content (AvgIpc) is 2.63. The number of nitrogens with one attached hydrogen (secondary N) is 1. The van der Waals surface area contributed by atoms with E-state index in [-0.39, 0.29) is 24.3 Å². The number of carbonyl (C=O) groups is 2. The monoisotopic (exact) mass is 239 g/mol. The largest absolute Gasteiger partial charge is 0.480 e. The third kappa shape index (κ3) is 3.90. The summed E-state index contributed by atoms with van der Waals surface area (Å²) in [6.45, 7) is 5.58. The SMILES string of the molecule is CC(C)C(C)C(=O)Nc1cnn(CC(=O)O)c1. The predicted octanol–water partition coefficient (Wildman–Crippen LogP) is 1.20. The number of rotatable bonds is 5. The molecule has 0 aromatic carbocycles. The van der Waals surface area contributed by atoms with Gasteiger partial charge in [-0.05, 0) is 5.92 Å². The Morgan fingerprint density at radius 2 is 2.12 bits per heavy atom. The molecule has 0 aliphatic rings. The standard InChI is InChI=1S/C11H17N3O3/c1-7(2)8(3)11(17)13-9-4-12-14(5-9)6-10(15)16/h4-5,7-8H,6H2,1-3H3,(H,13,17)(H,15,16). The van der Waals surface area contributed by atoms with Crippen LogP contribution in [0.4, 0.5) is 5.69 Å². The van der Waals surface area contributed by atoms with Crippen LogP contribution in [-0.2, 0) is 16.1 Å². The van der Waals surface area contributed by atoms with Crippen LogP contribution in [0.3, 0.4) is 0 Å². The van der Waals surface area contributed by atoms with E-state index in [1.54, 1.807) is 0 Å². The average molecular weight is 239 g/mol. The Bertz CT molecular complexity index is 412. The normalized spacial score (nSPS) is 12.5. The molecule has 6 heteroatoms. The van der Waals surface area contributed by atoms with Gasteiger partial charge in [-0.1, -0.05) is 20.8 Å². The van der Waals surface area contributed by atoms with Crippen molar-refractivity contribution < 1.29 is 14.7 Å². The molecule has 0 aliphatic heterocycles. The minimum Gasteiger partial charge on any atom is -0.480 e. The Labute approximate surface area is 99.6 Å². The maximum Gasteiger partial charge on any atom is 0.325 e. The van der Waals surface area contributed by atoms with Crippen LogP contribution in [0.15, 0.2) is 12.4 Å². The maximum absolute atomic E-state index is 11.7. The molecular formula is C11H17N3O3. The van der Waals surface area contributed by atoms with Gasteiger partial charge in [0.05, 0.1) is 11.9 Å². The molecule has 2 N–H and O–H groups in total. The number of carbonyl (C=O) groups excluding carboxylic acids is 1. The Hall–Kier alpha value is -1.85. The number of hydrogen-bond acceptors (Lipinski definition) is 3. The summed E-state index contributed by atoms with van der Waals surface area (Å²) in [5, 5.41) is 15.1. The van der Waals surface area contributed by atoms with E-state index in [9.17, 15) is 9.59 Å². The van der Waals surface area contributed by atoms with Crippen molar-refractivity contribution >= 4 is 17.6 Å². The summed E-state index contributed by atoms with van der Waals surface area (Å²) in [6.07, 6.45) is 2.94. The van der Waals surface area contributed by atoms with Crippen LogP contribution in [-0.4, -0.2) is 26.8 Å². The lowest BCUT2D eigenvalue weighted by Gasteiger charge is -2.14. The molecule has 0 saturated heterocycles. The molecule has 0 aliphatic carbocycles. The zero-order valence-corrected chi connectivity index (χ0v) is 10.2. The predicted molar refractivity (Wildman–Crippen MR) is 62.5 cm³/mol. The number of hydrogen-bond donors (Lipinski definition) is 2. The van der Waals surface area contributed by atoms with Gasteiger partial charge in [0.1, 0.15) is 6.54 Å². The van der Waals surface area contributed by atoms with Gasteiger partial charge in [-0.3, -0.25) is 14.3 Å². The minimum atomic E-state index is -0.971. The Morgan fingerprint density at radius 3 is 2.65 bits per heavy atom. The van der Waals surface area contributed by atoms with E-state index in [1.165, 1.54) is 17.1 Å². The molecular weight excluding hydrogens is 222 g/mol. The topological polar surface area (TPSA) is 84.2 Å². The fourth-order valence-corrected chi connectivity index (χ4v) is 1.21. The molecule has 1 unspecified atom stereocenters. The second-order valence-electron chi connectivity index (χ2n) is 4.34. The van der Waals surface area contributed by atoms with Crippen LogP contribution in [0, 0.1) is 11.8 Å². The van der Waals surface area contributed by atoms with Crippen LogP contribution in [0.2, 0.25) is 0 Å². The van der Waals surface area contributed by atoms with Crippen molar-refractivity contribution in [2.75, 3.05) is 5.32 Å². The van der Waals surface area contributed by atoms with Crippen molar-refractivity contribution in [2.45, 2.75) is 27.3 Å². The third-order valence-electron chi connectivity index (χ3n) is 2.61. The van der Waals surface area contributed by atoms with Crippen LogP contribution in [0.1, 0.15) is 20.8 Å². The highest BCUT2D eigenvalue weighted by atomic mass is 16.4. The summed E-state index contributed by atoms with van der Waals surface area (Å²) in [6, 6.07) is 0. The van der Waals surface area contributed by atoms with Crippen LogP contribution in [0.25, 0.3) is 0 Å². The third-order valence-corrected chi connectivity index (χ3v) is 2.61. The summed E-state index contributed by atoms with van der Waals surface area (Å²) in [5.74, 6) is -0.904. The zero-order chi connectivity index (χ0) is 13.0. The molecule has 1 aromatic rings. The van der Waals surface area contributed by atoms with Gasteiger partial charge in [0, 0.05) is 12.1 Å². The molecule has 6 nitrogen and oxygen atoms in total. The van der Waals surface area contributed by atoms with Crippen molar-refractivity contribution in [3.8, 4) is 0 Å². The number of aliphatic carboxylic acids is 1. The molecule has 1 heterocycles. The first-order valence-corrected chi connectivity index (χ1v) is 5.45. The molecule has 0 radical (unpaired) electrons. The van der Waals surface area contributed by atoms with E-state index in [0.29, 0.717) is 5.69 Å². The Balaban J connectivity index is 2.60. The van der Waals surface area contributed by atoms with Gasteiger partial charge in [-0.25, -0.2) is 0 Å². The quantitative estimate of drug-likeness (QED) is 0.808. The zero-order valence-electron chi connectivity index (χ0n) is 10.2. The van der Waals surface area contributed by atoms with Crippen molar-refractivity contribution in [2.24, 2.45) is 11.8 Å². The molecule has 0 bridgehead atoms. The number of amides is 1. The lowest BCUT2D eigenvalue weighted by Crippen LogP contribution is -2.24. The highest BCUT2D eigenvalue weighted by Gasteiger charge is 2.17. The molecule has 0 saturated carbocycles. The van der Waals surface area contributed by atoms with E-state index in [2.05, 4.69) is 10.4 Å². The van der Waals surface area contributed by atoms with Crippen LogP contribution >= 0.6 is 0 Å². The van der Waals surface area contributed by atoms with Gasteiger partial charge in [0.15, 0.2) is 0 Å². The number of anilines is 1. The molecule has 94 valence electrons. The molecule has 1 aromatic heterocycles. The van der Waals surface area contributed by atoms with Gasteiger partial charge in [-0.2, -0.15) is 5.10 Å². The van der Waals surface area contributed by atoms with Crippen LogP contribution in [0.5, 0.6) is 0 Å². The second-order valence-corrected chi connectivity index (χ2v) is 4.34. The first-order valence-electron chi connectivity index (χ1n) is 5.45. The van der Waals surface area contributed by atoms with Gasteiger partial charge in [-0.15, -0.1) is 0 Å². The first-order chi connectivity index (χ1) is 7.90. The molecule has 1 amide bonds. The fourth-order valence-electron chi connectivity index (χ4n) is 1.21. The number of carboxylic acid groups (broad SMARTS) is 1. The highest BCUT2D eigenvalue weighted by molar-refractivity contribution is 5.92. The molecule has 1 rings (SSSR count). The second kappa shape index (κ2) is 5.47. The van der Waals surface area contributed by atoms with Crippen molar-refractivity contribution in [3.05, 3.63) is 12.4 Å². The van der Waals surface area contributed by atoms with Crippen LogP contribution < -0.4 is 5.32 Å². The van der Waals surface area contributed by atoms with E-state index >= 15 is 0 Å². The Morgan fingerprint density at radius 1 is 1.47 bits per heavy atom. The lowest BCUT2D eigenvalue weighted by atomic mass is 9.97. The number of aromatic nitrogens is 2. The Kier molecular flexibility index (Phi) is 4.25. The van der Waals surface area contributed by atoms with E-state index < -0.39 is 5.97 Å². The maximum atomic E-state index is 11.7. The van der Waals surface area contributed by atoms with E-state index in [1.807, 2.05) is 20.8 Å². The summed E-state index contributed by atoms with van der Waals surface area (Å²) in [4.78, 5) is 22.2.